The molecule has 0 aliphatic carbocycles. The maximum atomic E-state index is 12.2. The Labute approximate surface area is 143 Å². The van der Waals surface area contributed by atoms with E-state index in [9.17, 15) is 14.4 Å². The second-order valence-electron chi connectivity index (χ2n) is 4.87. The molecule has 2 atom stereocenters. The van der Waals surface area contributed by atoms with Crippen molar-refractivity contribution in [3.05, 3.63) is 21.8 Å². The molecule has 0 spiro atoms. The Kier molecular flexibility index (Phi) is 4.21. The lowest BCUT2D eigenvalue weighted by atomic mass is 10.0. The van der Waals surface area contributed by atoms with Crippen molar-refractivity contribution in [3.8, 4) is 0 Å². The van der Waals surface area contributed by atoms with Crippen LogP contribution < -0.4 is 11.1 Å². The molecule has 1 saturated heterocycles. The third kappa shape index (κ3) is 2.89. The predicted octanol–water partition coefficient (Wildman–Crippen LogP) is 0.203. The lowest BCUT2D eigenvalue weighted by Gasteiger charge is -2.48. The number of carbonyl (C=O) groups excluding carboxylic acids is 2. The number of thioether (sulfide) groups is 1. The summed E-state index contributed by atoms with van der Waals surface area (Å²) in [6, 6.07) is -0.761. The van der Waals surface area contributed by atoms with Gasteiger partial charge in [-0.1, -0.05) is 11.6 Å². The van der Waals surface area contributed by atoms with E-state index >= 15 is 0 Å². The van der Waals surface area contributed by atoms with Crippen LogP contribution in [0.15, 0.2) is 16.1 Å². The van der Waals surface area contributed by atoms with Gasteiger partial charge < -0.3 is 16.2 Å². The first-order valence-electron chi connectivity index (χ1n) is 6.44. The highest BCUT2D eigenvalue weighted by atomic mass is 35.5. The van der Waals surface area contributed by atoms with Gasteiger partial charge in [-0.15, -0.1) is 23.1 Å². The van der Waals surface area contributed by atoms with Gasteiger partial charge in [0, 0.05) is 11.1 Å². The molecule has 0 bridgehead atoms. The van der Waals surface area contributed by atoms with Crippen molar-refractivity contribution < 1.29 is 19.5 Å². The minimum Gasteiger partial charge on any atom is -0.477 e. The average Bonchev–Trinajstić information content (AvgIpc) is 2.89. The number of hydrogen-bond acceptors (Lipinski definition) is 7. The molecule has 122 valence electrons. The number of carboxylic acid groups (broad SMARTS) is 1. The van der Waals surface area contributed by atoms with E-state index in [1.165, 1.54) is 23.1 Å². The number of hydrogen-bond donors (Lipinski definition) is 3. The van der Waals surface area contributed by atoms with Gasteiger partial charge in [0.25, 0.3) is 5.91 Å². The van der Waals surface area contributed by atoms with Crippen LogP contribution in [0, 0.1) is 0 Å². The normalized spacial score (nSPS) is 23.3. The molecule has 4 N–H and O–H groups in total. The number of nitrogens with one attached hydrogen (secondary N) is 1. The van der Waals surface area contributed by atoms with E-state index in [1.807, 2.05) is 0 Å². The number of halogens is 1. The number of nitrogens with two attached hydrogens (primary N) is 1. The summed E-state index contributed by atoms with van der Waals surface area (Å²) in [6.07, 6.45) is 0.0112. The first-order valence-corrected chi connectivity index (χ1v) is 8.75. The van der Waals surface area contributed by atoms with Crippen LogP contribution in [0.3, 0.4) is 0 Å². The van der Waals surface area contributed by atoms with Gasteiger partial charge in [-0.05, 0) is 0 Å². The largest absolute Gasteiger partial charge is 0.477 e. The second kappa shape index (κ2) is 6.02. The summed E-state index contributed by atoms with van der Waals surface area (Å²) in [5.41, 5.74) is 5.81. The molecular formula is C12H11ClN4O4S2. The summed E-state index contributed by atoms with van der Waals surface area (Å²) >= 11 is 8.42. The smallest absolute Gasteiger partial charge is 0.353 e. The highest BCUT2D eigenvalue weighted by Gasteiger charge is 2.54. The van der Waals surface area contributed by atoms with Gasteiger partial charge in [-0.2, -0.15) is 0 Å². The molecule has 2 aliphatic rings. The Hall–Kier alpha value is -1.78. The molecule has 0 aromatic carbocycles. The van der Waals surface area contributed by atoms with Gasteiger partial charge in [-0.25, -0.2) is 9.78 Å². The lowest BCUT2D eigenvalue weighted by Crippen LogP contribution is -2.70. The molecule has 3 heterocycles. The summed E-state index contributed by atoms with van der Waals surface area (Å²) in [5.74, 6) is -1.82. The van der Waals surface area contributed by atoms with E-state index in [0.29, 0.717) is 10.8 Å². The summed E-state index contributed by atoms with van der Waals surface area (Å²) in [7, 11) is 0. The quantitative estimate of drug-likeness (QED) is 0.643. The van der Waals surface area contributed by atoms with Crippen molar-refractivity contribution in [1.29, 1.82) is 0 Å². The number of aromatic nitrogens is 1. The van der Waals surface area contributed by atoms with Crippen LogP contribution >= 0.6 is 34.7 Å². The topological polar surface area (TPSA) is 126 Å². The number of anilines is 1. The third-order valence-corrected chi connectivity index (χ3v) is 5.83. The number of nitrogens with zero attached hydrogens (tertiary/aromatic N) is 2. The SMILES string of the molecule is Nc1nc(CC(=O)N[C@@H]2C(=O)N3C(C(=O)O)=C(Cl)CS[C@H]23)cs1. The summed E-state index contributed by atoms with van der Waals surface area (Å²) < 4.78 is 0. The van der Waals surface area contributed by atoms with E-state index in [0.717, 1.165) is 4.90 Å². The number of carbonyl (C=O) groups is 3. The molecule has 0 unspecified atom stereocenters. The Morgan fingerprint density at radius 3 is 2.91 bits per heavy atom. The third-order valence-electron chi connectivity index (χ3n) is 3.35. The molecule has 1 aromatic heterocycles. The molecule has 0 saturated carbocycles. The van der Waals surface area contributed by atoms with Crippen molar-refractivity contribution in [3.63, 3.8) is 0 Å². The maximum absolute atomic E-state index is 12.2. The minimum atomic E-state index is -1.25. The molecule has 2 amide bonds. The monoisotopic (exact) mass is 374 g/mol. The number of nitrogen functional groups attached to an aromatic ring is 1. The van der Waals surface area contributed by atoms with Crippen LogP contribution in [0.4, 0.5) is 5.13 Å². The lowest BCUT2D eigenvalue weighted by molar-refractivity contribution is -0.150. The molecule has 1 fully saturated rings. The zero-order valence-electron chi connectivity index (χ0n) is 11.5. The molecule has 2 aliphatic heterocycles. The maximum Gasteiger partial charge on any atom is 0.353 e. The number of β-lactam (4-membered cyclic amide) rings is 1. The van der Waals surface area contributed by atoms with Gasteiger partial charge in [0.1, 0.15) is 17.1 Å². The van der Waals surface area contributed by atoms with Crippen LogP contribution in [0.2, 0.25) is 0 Å². The fourth-order valence-electron chi connectivity index (χ4n) is 2.37. The molecule has 1 aromatic rings. The average molecular weight is 375 g/mol. The zero-order valence-corrected chi connectivity index (χ0v) is 13.9. The van der Waals surface area contributed by atoms with Gasteiger partial charge in [0.05, 0.1) is 17.1 Å². The Bertz CT molecular complexity index is 734. The number of amides is 2. The second-order valence-corrected chi connectivity index (χ2v) is 7.32. The molecule has 11 heteroatoms. The van der Waals surface area contributed by atoms with E-state index in [4.69, 9.17) is 22.4 Å². The van der Waals surface area contributed by atoms with Gasteiger partial charge >= 0.3 is 5.97 Å². The molecule has 8 nitrogen and oxygen atoms in total. The van der Waals surface area contributed by atoms with Crippen molar-refractivity contribution in [2.75, 3.05) is 11.5 Å². The highest BCUT2D eigenvalue weighted by Crippen LogP contribution is 2.41. The Morgan fingerprint density at radius 1 is 1.57 bits per heavy atom. The summed E-state index contributed by atoms with van der Waals surface area (Å²) in [5, 5.41) is 13.5. The van der Waals surface area contributed by atoms with E-state index in [-0.39, 0.29) is 28.8 Å². The molecular weight excluding hydrogens is 364 g/mol. The fraction of sp³-hybridized carbons (Fsp3) is 0.333. The van der Waals surface area contributed by atoms with Gasteiger partial charge in [-0.3, -0.25) is 14.5 Å². The minimum absolute atomic E-state index is 0.0112. The van der Waals surface area contributed by atoms with Crippen molar-refractivity contribution in [2.24, 2.45) is 0 Å². The number of thiazole rings is 1. The van der Waals surface area contributed by atoms with Gasteiger partial charge in [0.15, 0.2) is 5.13 Å². The van der Waals surface area contributed by atoms with Crippen molar-refractivity contribution in [1.82, 2.24) is 15.2 Å². The van der Waals surface area contributed by atoms with Crippen LogP contribution in [-0.4, -0.2) is 49.9 Å². The Morgan fingerprint density at radius 2 is 2.30 bits per heavy atom. The summed E-state index contributed by atoms with van der Waals surface area (Å²) in [4.78, 5) is 40.5. The molecule has 3 rings (SSSR count). The van der Waals surface area contributed by atoms with Crippen LogP contribution in [0.5, 0.6) is 0 Å². The number of aliphatic carboxylic acids is 1. The fourth-order valence-corrected chi connectivity index (χ4v) is 4.49. The standard InChI is InChI=1S/C12H11ClN4O4S2/c13-5-3-22-10-7(9(19)17(10)8(5)11(20)21)16-6(18)1-4-2-23-12(14)15-4/h2,7,10H,1,3H2,(H2,14,15)(H,16,18)(H,20,21)/t7-,10-/m1/s1. The van der Waals surface area contributed by atoms with Crippen LogP contribution in [0.25, 0.3) is 0 Å². The highest BCUT2D eigenvalue weighted by molar-refractivity contribution is 8.00. The first-order chi connectivity index (χ1) is 10.9. The van der Waals surface area contributed by atoms with E-state index in [1.54, 1.807) is 5.38 Å². The summed E-state index contributed by atoms with van der Waals surface area (Å²) in [6.45, 7) is 0. The molecule has 0 radical (unpaired) electrons. The Balaban J connectivity index is 1.66. The van der Waals surface area contributed by atoms with Crippen molar-refractivity contribution in [2.45, 2.75) is 17.8 Å². The number of carboxylic acids is 1. The van der Waals surface area contributed by atoms with E-state index in [2.05, 4.69) is 10.3 Å². The molecule has 23 heavy (non-hydrogen) atoms. The number of fused-ring (bicyclic) bond motifs is 1. The van der Waals surface area contributed by atoms with Gasteiger partial charge in [0.2, 0.25) is 5.91 Å². The van der Waals surface area contributed by atoms with Crippen LogP contribution in [0.1, 0.15) is 5.69 Å². The number of rotatable bonds is 4. The van der Waals surface area contributed by atoms with Crippen molar-refractivity contribution >= 4 is 57.6 Å². The first kappa shape index (κ1) is 16.1. The predicted molar refractivity (Wildman–Crippen MR) is 85.8 cm³/mol. The van der Waals surface area contributed by atoms with E-state index < -0.39 is 23.3 Å². The van der Waals surface area contributed by atoms with Crippen LogP contribution in [-0.2, 0) is 20.8 Å². The zero-order chi connectivity index (χ0) is 16.7.